The fourth-order valence-electron chi connectivity index (χ4n) is 2.70. The van der Waals surface area contributed by atoms with E-state index in [0.717, 1.165) is 28.6 Å². The van der Waals surface area contributed by atoms with Crippen molar-refractivity contribution in [2.24, 2.45) is 5.92 Å². The van der Waals surface area contributed by atoms with Crippen LogP contribution in [-0.4, -0.2) is 13.0 Å². The van der Waals surface area contributed by atoms with Gasteiger partial charge in [0.25, 0.3) is 0 Å². The second-order valence-electron chi connectivity index (χ2n) is 5.12. The molecule has 1 aromatic rings. The highest BCUT2D eigenvalue weighted by molar-refractivity contribution is 9.10. The SMILES string of the molecule is Cc1c(Br)cccc1N(C)C(=O)C1CCCCC1. The molecule has 1 aliphatic rings. The Kier molecular flexibility index (Phi) is 4.44. The molecule has 0 aromatic heterocycles. The van der Waals surface area contributed by atoms with Gasteiger partial charge in [-0.3, -0.25) is 4.79 Å². The summed E-state index contributed by atoms with van der Waals surface area (Å²) in [6, 6.07) is 6.01. The average Bonchev–Trinajstić information content (AvgIpc) is 2.41. The standard InChI is InChI=1S/C15H20BrNO/c1-11-13(16)9-6-10-14(11)17(2)15(18)12-7-4-3-5-8-12/h6,9-10,12H,3-5,7-8H2,1-2H3. The molecular weight excluding hydrogens is 290 g/mol. The van der Waals surface area contributed by atoms with Gasteiger partial charge in [0.1, 0.15) is 0 Å². The minimum Gasteiger partial charge on any atom is -0.315 e. The predicted molar refractivity (Wildman–Crippen MR) is 78.9 cm³/mol. The largest absolute Gasteiger partial charge is 0.315 e. The van der Waals surface area contributed by atoms with Crippen LogP contribution in [0.1, 0.15) is 37.7 Å². The van der Waals surface area contributed by atoms with Gasteiger partial charge in [-0.1, -0.05) is 41.3 Å². The Hall–Kier alpha value is -0.830. The summed E-state index contributed by atoms with van der Waals surface area (Å²) >= 11 is 3.52. The van der Waals surface area contributed by atoms with Crippen molar-refractivity contribution in [2.75, 3.05) is 11.9 Å². The molecule has 0 saturated heterocycles. The smallest absolute Gasteiger partial charge is 0.229 e. The third kappa shape index (κ3) is 2.77. The fraction of sp³-hybridized carbons (Fsp3) is 0.533. The molecule has 0 bridgehead atoms. The van der Waals surface area contributed by atoms with Crippen LogP contribution in [0.2, 0.25) is 0 Å². The lowest BCUT2D eigenvalue weighted by atomic mass is 9.88. The van der Waals surface area contributed by atoms with Gasteiger partial charge in [-0.25, -0.2) is 0 Å². The minimum atomic E-state index is 0.224. The summed E-state index contributed by atoms with van der Waals surface area (Å²) in [5.41, 5.74) is 2.14. The van der Waals surface area contributed by atoms with E-state index < -0.39 is 0 Å². The molecule has 3 heteroatoms. The van der Waals surface area contributed by atoms with Crippen molar-refractivity contribution in [2.45, 2.75) is 39.0 Å². The monoisotopic (exact) mass is 309 g/mol. The zero-order valence-corrected chi connectivity index (χ0v) is 12.7. The number of nitrogens with zero attached hydrogens (tertiary/aromatic N) is 1. The van der Waals surface area contributed by atoms with Gasteiger partial charge in [0.2, 0.25) is 5.91 Å². The van der Waals surface area contributed by atoms with E-state index in [1.165, 1.54) is 19.3 Å². The molecule has 0 atom stereocenters. The zero-order chi connectivity index (χ0) is 13.1. The summed E-state index contributed by atoms with van der Waals surface area (Å²) in [6.07, 6.45) is 5.78. The Balaban J connectivity index is 2.17. The van der Waals surface area contributed by atoms with Crippen LogP contribution in [0.3, 0.4) is 0 Å². The van der Waals surface area contributed by atoms with Crippen LogP contribution >= 0.6 is 15.9 Å². The maximum absolute atomic E-state index is 12.5. The molecule has 1 amide bonds. The third-order valence-electron chi connectivity index (χ3n) is 3.89. The van der Waals surface area contributed by atoms with E-state index in [0.29, 0.717) is 0 Å². The van der Waals surface area contributed by atoms with Gasteiger partial charge >= 0.3 is 0 Å². The van der Waals surface area contributed by atoms with Gasteiger partial charge in [0.05, 0.1) is 0 Å². The first kappa shape index (κ1) is 13.6. The first-order valence-electron chi connectivity index (χ1n) is 6.64. The van der Waals surface area contributed by atoms with Gasteiger partial charge in [0, 0.05) is 23.1 Å². The van der Waals surface area contributed by atoms with E-state index in [1.807, 2.05) is 37.1 Å². The van der Waals surface area contributed by atoms with Crippen LogP contribution < -0.4 is 4.90 Å². The first-order valence-corrected chi connectivity index (χ1v) is 7.43. The molecule has 18 heavy (non-hydrogen) atoms. The van der Waals surface area contributed by atoms with Crippen molar-refractivity contribution >= 4 is 27.5 Å². The Morgan fingerprint density at radius 2 is 1.94 bits per heavy atom. The second-order valence-corrected chi connectivity index (χ2v) is 5.97. The molecule has 1 saturated carbocycles. The summed E-state index contributed by atoms with van der Waals surface area (Å²) in [4.78, 5) is 14.3. The minimum absolute atomic E-state index is 0.224. The van der Waals surface area contributed by atoms with E-state index in [2.05, 4.69) is 15.9 Å². The van der Waals surface area contributed by atoms with Crippen molar-refractivity contribution in [1.29, 1.82) is 0 Å². The van der Waals surface area contributed by atoms with Crippen molar-refractivity contribution in [1.82, 2.24) is 0 Å². The molecule has 0 aliphatic heterocycles. The highest BCUT2D eigenvalue weighted by atomic mass is 79.9. The number of amides is 1. The number of hydrogen-bond donors (Lipinski definition) is 0. The van der Waals surface area contributed by atoms with Crippen molar-refractivity contribution in [3.63, 3.8) is 0 Å². The normalized spacial score (nSPS) is 16.6. The number of carbonyl (C=O) groups is 1. The Labute approximate surface area is 117 Å². The Bertz CT molecular complexity index is 438. The zero-order valence-electron chi connectivity index (χ0n) is 11.1. The molecule has 98 valence electrons. The summed E-state index contributed by atoms with van der Waals surface area (Å²) in [5.74, 6) is 0.498. The van der Waals surface area contributed by atoms with Crippen LogP contribution in [0.5, 0.6) is 0 Å². The molecule has 0 radical (unpaired) electrons. The van der Waals surface area contributed by atoms with Gasteiger partial charge in [0.15, 0.2) is 0 Å². The number of carbonyl (C=O) groups excluding carboxylic acids is 1. The van der Waals surface area contributed by atoms with Gasteiger partial charge in [-0.05, 0) is 37.5 Å². The van der Waals surface area contributed by atoms with Crippen LogP contribution in [-0.2, 0) is 4.79 Å². The maximum Gasteiger partial charge on any atom is 0.229 e. The van der Waals surface area contributed by atoms with Crippen LogP contribution in [0.15, 0.2) is 22.7 Å². The van der Waals surface area contributed by atoms with E-state index in [-0.39, 0.29) is 11.8 Å². The number of halogens is 1. The van der Waals surface area contributed by atoms with Crippen LogP contribution in [0, 0.1) is 12.8 Å². The summed E-state index contributed by atoms with van der Waals surface area (Å²) < 4.78 is 1.06. The van der Waals surface area contributed by atoms with Crippen molar-refractivity contribution in [3.8, 4) is 0 Å². The lowest BCUT2D eigenvalue weighted by Crippen LogP contribution is -2.34. The average molecular weight is 310 g/mol. The molecule has 0 spiro atoms. The summed E-state index contributed by atoms with van der Waals surface area (Å²) in [6.45, 7) is 2.05. The first-order chi connectivity index (χ1) is 8.61. The molecular formula is C15H20BrNO. The molecule has 1 aliphatic carbocycles. The second kappa shape index (κ2) is 5.87. The van der Waals surface area contributed by atoms with Crippen molar-refractivity contribution < 1.29 is 4.79 Å². The number of rotatable bonds is 2. The summed E-state index contributed by atoms with van der Waals surface area (Å²) in [7, 11) is 1.89. The number of anilines is 1. The Morgan fingerprint density at radius 1 is 1.28 bits per heavy atom. The molecule has 0 unspecified atom stereocenters. The highest BCUT2D eigenvalue weighted by Gasteiger charge is 2.25. The van der Waals surface area contributed by atoms with Crippen LogP contribution in [0.4, 0.5) is 5.69 Å². The topological polar surface area (TPSA) is 20.3 Å². The molecule has 1 aromatic carbocycles. The fourth-order valence-corrected chi connectivity index (χ4v) is 3.06. The molecule has 1 fully saturated rings. The maximum atomic E-state index is 12.5. The van der Waals surface area contributed by atoms with E-state index in [1.54, 1.807) is 0 Å². The summed E-state index contributed by atoms with van der Waals surface area (Å²) in [5, 5.41) is 0. The Morgan fingerprint density at radius 3 is 2.61 bits per heavy atom. The van der Waals surface area contributed by atoms with E-state index in [4.69, 9.17) is 0 Å². The molecule has 2 nitrogen and oxygen atoms in total. The van der Waals surface area contributed by atoms with Gasteiger partial charge in [-0.2, -0.15) is 0 Å². The molecule has 0 N–H and O–H groups in total. The van der Waals surface area contributed by atoms with Crippen molar-refractivity contribution in [3.05, 3.63) is 28.2 Å². The van der Waals surface area contributed by atoms with E-state index in [9.17, 15) is 4.79 Å². The number of hydrogen-bond acceptors (Lipinski definition) is 1. The lowest BCUT2D eigenvalue weighted by molar-refractivity contribution is -0.123. The molecule has 2 rings (SSSR count). The van der Waals surface area contributed by atoms with Gasteiger partial charge in [-0.15, -0.1) is 0 Å². The molecule has 0 heterocycles. The lowest BCUT2D eigenvalue weighted by Gasteiger charge is -2.27. The number of benzene rings is 1. The highest BCUT2D eigenvalue weighted by Crippen LogP contribution is 2.30. The third-order valence-corrected chi connectivity index (χ3v) is 4.74. The predicted octanol–water partition coefficient (Wildman–Crippen LogP) is 4.30. The van der Waals surface area contributed by atoms with Gasteiger partial charge < -0.3 is 4.90 Å². The quantitative estimate of drug-likeness (QED) is 0.797. The van der Waals surface area contributed by atoms with Crippen LogP contribution in [0.25, 0.3) is 0 Å². The van der Waals surface area contributed by atoms with E-state index >= 15 is 0 Å².